The van der Waals surface area contributed by atoms with Crippen LogP contribution in [0, 0.1) is 0 Å². The van der Waals surface area contributed by atoms with E-state index in [9.17, 15) is 0 Å². The molecule has 0 bridgehead atoms. The SMILES string of the molecule is CC1CCCN1c1cnccc1CNC1CC1. The van der Waals surface area contributed by atoms with Gasteiger partial charge in [0.25, 0.3) is 0 Å². The molecule has 3 nitrogen and oxygen atoms in total. The fourth-order valence-electron chi connectivity index (χ4n) is 2.66. The van der Waals surface area contributed by atoms with Gasteiger partial charge in [-0.1, -0.05) is 0 Å². The first-order valence-electron chi connectivity index (χ1n) is 6.77. The van der Waals surface area contributed by atoms with Crippen LogP contribution in [0.3, 0.4) is 0 Å². The fourth-order valence-corrected chi connectivity index (χ4v) is 2.66. The van der Waals surface area contributed by atoms with Crippen molar-refractivity contribution in [2.24, 2.45) is 0 Å². The largest absolute Gasteiger partial charge is 0.367 e. The van der Waals surface area contributed by atoms with E-state index in [0.29, 0.717) is 6.04 Å². The van der Waals surface area contributed by atoms with E-state index in [-0.39, 0.29) is 0 Å². The molecule has 1 atom stereocenters. The van der Waals surface area contributed by atoms with Crippen molar-refractivity contribution in [1.29, 1.82) is 0 Å². The van der Waals surface area contributed by atoms with Crippen molar-refractivity contribution in [2.45, 2.75) is 51.2 Å². The Morgan fingerprint density at radius 3 is 3.00 bits per heavy atom. The normalized spacial score (nSPS) is 24.3. The smallest absolute Gasteiger partial charge is 0.0600 e. The Balaban J connectivity index is 1.76. The minimum absolute atomic E-state index is 0.666. The lowest BCUT2D eigenvalue weighted by molar-refractivity contribution is 0.677. The molecule has 0 amide bonds. The Labute approximate surface area is 103 Å². The van der Waals surface area contributed by atoms with Crippen LogP contribution < -0.4 is 10.2 Å². The molecule has 2 aliphatic rings. The molecule has 1 aromatic rings. The summed E-state index contributed by atoms with van der Waals surface area (Å²) in [6.45, 7) is 4.49. The molecule has 0 spiro atoms. The topological polar surface area (TPSA) is 28.2 Å². The van der Waals surface area contributed by atoms with Crippen molar-refractivity contribution in [3.8, 4) is 0 Å². The lowest BCUT2D eigenvalue weighted by atomic mass is 10.2. The number of hydrogen-bond donors (Lipinski definition) is 1. The van der Waals surface area contributed by atoms with E-state index in [2.05, 4.69) is 28.2 Å². The molecule has 17 heavy (non-hydrogen) atoms. The van der Waals surface area contributed by atoms with E-state index in [1.54, 1.807) is 0 Å². The molecule has 3 rings (SSSR count). The molecule has 2 fully saturated rings. The molecule has 1 aliphatic heterocycles. The van der Waals surface area contributed by atoms with Gasteiger partial charge < -0.3 is 10.2 Å². The van der Waals surface area contributed by atoms with Crippen LogP contribution in [0.2, 0.25) is 0 Å². The average Bonchev–Trinajstić information content (AvgIpc) is 3.09. The molecule has 92 valence electrons. The van der Waals surface area contributed by atoms with Gasteiger partial charge in [0, 0.05) is 31.4 Å². The minimum atomic E-state index is 0.666. The van der Waals surface area contributed by atoms with E-state index in [0.717, 1.165) is 12.6 Å². The van der Waals surface area contributed by atoms with Gasteiger partial charge in [-0.3, -0.25) is 4.98 Å². The number of aromatic nitrogens is 1. The second-order valence-electron chi connectivity index (χ2n) is 5.34. The highest BCUT2D eigenvalue weighted by Crippen LogP contribution is 2.28. The predicted octanol–water partition coefficient (Wildman–Crippen LogP) is 2.32. The molecule has 1 aliphatic carbocycles. The molecule has 3 heteroatoms. The molecule has 1 aromatic heterocycles. The van der Waals surface area contributed by atoms with E-state index in [1.807, 2.05) is 12.4 Å². The zero-order chi connectivity index (χ0) is 11.7. The summed E-state index contributed by atoms with van der Waals surface area (Å²) in [4.78, 5) is 6.81. The first-order valence-corrected chi connectivity index (χ1v) is 6.77. The first-order chi connectivity index (χ1) is 8.34. The summed E-state index contributed by atoms with van der Waals surface area (Å²) >= 11 is 0. The molecule has 0 aromatic carbocycles. The lowest BCUT2D eigenvalue weighted by Crippen LogP contribution is -2.28. The maximum atomic E-state index is 4.30. The minimum Gasteiger partial charge on any atom is -0.367 e. The van der Waals surface area contributed by atoms with E-state index in [4.69, 9.17) is 0 Å². The number of pyridine rings is 1. The Morgan fingerprint density at radius 2 is 2.29 bits per heavy atom. The zero-order valence-corrected chi connectivity index (χ0v) is 10.5. The molecular formula is C14H21N3. The van der Waals surface area contributed by atoms with Crippen LogP contribution in [0.15, 0.2) is 18.5 Å². The van der Waals surface area contributed by atoms with E-state index < -0.39 is 0 Å². The maximum absolute atomic E-state index is 4.30. The van der Waals surface area contributed by atoms with Crippen LogP contribution in [0.4, 0.5) is 5.69 Å². The van der Waals surface area contributed by atoms with Crippen molar-refractivity contribution < 1.29 is 0 Å². The summed E-state index contributed by atoms with van der Waals surface area (Å²) in [5.74, 6) is 0. The first kappa shape index (κ1) is 11.0. The van der Waals surface area contributed by atoms with Gasteiger partial charge >= 0.3 is 0 Å². The van der Waals surface area contributed by atoms with Crippen LogP contribution in [0.25, 0.3) is 0 Å². The predicted molar refractivity (Wildman–Crippen MR) is 70.1 cm³/mol. The number of anilines is 1. The van der Waals surface area contributed by atoms with Crippen LogP contribution in [0.5, 0.6) is 0 Å². The van der Waals surface area contributed by atoms with Gasteiger partial charge in [-0.25, -0.2) is 0 Å². The number of nitrogens with one attached hydrogen (secondary N) is 1. The highest BCUT2D eigenvalue weighted by Gasteiger charge is 2.24. The third-order valence-corrected chi connectivity index (χ3v) is 3.91. The standard InChI is InChI=1S/C14H21N3/c1-11-3-2-8-17(11)14-10-15-7-6-12(14)9-16-13-4-5-13/h6-7,10-11,13,16H,2-5,8-9H2,1H3. The lowest BCUT2D eigenvalue weighted by Gasteiger charge is -2.26. The van der Waals surface area contributed by atoms with Crippen molar-refractivity contribution in [1.82, 2.24) is 10.3 Å². The second kappa shape index (κ2) is 4.65. The summed E-state index contributed by atoms with van der Waals surface area (Å²) in [6.07, 6.45) is 9.26. The quantitative estimate of drug-likeness (QED) is 0.862. The summed E-state index contributed by atoms with van der Waals surface area (Å²) in [5.41, 5.74) is 2.74. The molecule has 1 saturated heterocycles. The highest BCUT2D eigenvalue weighted by atomic mass is 15.2. The van der Waals surface area contributed by atoms with Gasteiger partial charge in [0.1, 0.15) is 0 Å². The molecule has 2 heterocycles. The second-order valence-corrected chi connectivity index (χ2v) is 5.34. The number of rotatable bonds is 4. The Morgan fingerprint density at radius 1 is 1.41 bits per heavy atom. The van der Waals surface area contributed by atoms with Gasteiger partial charge in [-0.2, -0.15) is 0 Å². The van der Waals surface area contributed by atoms with Crippen molar-refractivity contribution >= 4 is 5.69 Å². The van der Waals surface area contributed by atoms with Crippen molar-refractivity contribution in [2.75, 3.05) is 11.4 Å². The third kappa shape index (κ3) is 2.44. The summed E-state index contributed by atoms with van der Waals surface area (Å²) in [6, 6.07) is 3.60. The summed E-state index contributed by atoms with van der Waals surface area (Å²) in [7, 11) is 0. The van der Waals surface area contributed by atoms with Gasteiger partial charge in [-0.05, 0) is 44.2 Å². The molecule has 1 saturated carbocycles. The van der Waals surface area contributed by atoms with Gasteiger partial charge in [0.15, 0.2) is 0 Å². The maximum Gasteiger partial charge on any atom is 0.0600 e. The number of nitrogens with zero attached hydrogens (tertiary/aromatic N) is 2. The van der Waals surface area contributed by atoms with Gasteiger partial charge in [0.05, 0.1) is 11.9 Å². The van der Waals surface area contributed by atoms with Crippen LogP contribution in [-0.4, -0.2) is 23.6 Å². The monoisotopic (exact) mass is 231 g/mol. The third-order valence-electron chi connectivity index (χ3n) is 3.91. The number of hydrogen-bond acceptors (Lipinski definition) is 3. The van der Waals surface area contributed by atoms with Crippen molar-refractivity contribution in [3.63, 3.8) is 0 Å². The van der Waals surface area contributed by atoms with Crippen molar-refractivity contribution in [3.05, 3.63) is 24.0 Å². The van der Waals surface area contributed by atoms with Crippen LogP contribution in [0.1, 0.15) is 38.2 Å². The molecule has 0 radical (unpaired) electrons. The Hall–Kier alpha value is -1.09. The average molecular weight is 231 g/mol. The molecule has 1 N–H and O–H groups in total. The highest BCUT2D eigenvalue weighted by molar-refractivity contribution is 5.53. The van der Waals surface area contributed by atoms with E-state index in [1.165, 1.54) is 43.5 Å². The van der Waals surface area contributed by atoms with Gasteiger partial charge in [0.2, 0.25) is 0 Å². The summed E-state index contributed by atoms with van der Waals surface area (Å²) < 4.78 is 0. The Kier molecular flexibility index (Phi) is 3.02. The zero-order valence-electron chi connectivity index (χ0n) is 10.5. The summed E-state index contributed by atoms with van der Waals surface area (Å²) in [5, 5.41) is 3.60. The molecular weight excluding hydrogens is 210 g/mol. The van der Waals surface area contributed by atoms with Crippen LogP contribution in [-0.2, 0) is 6.54 Å². The Bertz CT molecular complexity index is 387. The molecule has 1 unspecified atom stereocenters. The fraction of sp³-hybridized carbons (Fsp3) is 0.643. The van der Waals surface area contributed by atoms with E-state index >= 15 is 0 Å². The van der Waals surface area contributed by atoms with Crippen LogP contribution >= 0.6 is 0 Å². The van der Waals surface area contributed by atoms with Gasteiger partial charge in [-0.15, -0.1) is 0 Å².